The first-order valence-electron chi connectivity index (χ1n) is 23.1. The van der Waals surface area contributed by atoms with E-state index in [-0.39, 0.29) is 52.8 Å². The molecule has 9 rings (SSSR count). The summed E-state index contributed by atoms with van der Waals surface area (Å²) in [6, 6.07) is 17.6. The molecule has 70 heavy (non-hydrogen) atoms. The number of piperidine rings is 2. The summed E-state index contributed by atoms with van der Waals surface area (Å²) in [6.45, 7) is 8.98. The van der Waals surface area contributed by atoms with Crippen LogP contribution in [0.3, 0.4) is 0 Å². The van der Waals surface area contributed by atoms with Crippen LogP contribution >= 0.6 is 11.3 Å². The number of rotatable bonds is 12. The Morgan fingerprint density at radius 1 is 0.614 bits per heavy atom. The number of carbonyl (C=O) groups excluding carboxylic acids is 5. The lowest BCUT2D eigenvalue weighted by Crippen LogP contribution is -2.48. The van der Waals surface area contributed by atoms with Crippen molar-refractivity contribution in [1.82, 2.24) is 45.5 Å². The number of nitrogens with two attached hydrogens (primary N) is 3. The molecule has 0 aliphatic carbocycles. The summed E-state index contributed by atoms with van der Waals surface area (Å²) in [6.07, 6.45) is 3.55. The minimum absolute atomic E-state index is 0.0416. The predicted molar refractivity (Wildman–Crippen MR) is 261 cm³/mol. The van der Waals surface area contributed by atoms with Gasteiger partial charge in [-0.05, 0) is 93.3 Å². The molecule has 0 saturated carbocycles. The standard InChI is InChI=1S/C26H30N8O4S.C20H26N8O3/c1-16-4-9-20(39-16)24(36)29-19-3-2-10-34(15-19)26-30-23(21(22(27)35)31-32-26)28-18-7-5-17(6-8-18)25(37)33-11-13-38-14-12-33;21-14-2-1-7-28(12-14)20-24-18(16(17(22)29)25-26-20)23-15-5-3-13(4-6-15)19(30)27-8-10-31-11-9-27/h4-9,19H,2-3,10-15H2,1H3,(H2,27,35)(H,29,36)(H,28,30,32);3-6,14H,1-2,7-12,21H2,(H2,22,29)(H,23,24,26)/t19-;14-/m11/s1. The highest BCUT2D eigenvalue weighted by molar-refractivity contribution is 7.13. The molecule has 3 aromatic heterocycles. The molecular weight excluding hydrogens is 921 g/mol. The third-order valence-corrected chi connectivity index (χ3v) is 12.9. The first-order chi connectivity index (χ1) is 33.9. The number of primary amides is 2. The van der Waals surface area contributed by atoms with Gasteiger partial charge in [-0.25, -0.2) is 0 Å². The van der Waals surface area contributed by atoms with Crippen molar-refractivity contribution in [3.63, 3.8) is 0 Å². The zero-order valence-corrected chi connectivity index (χ0v) is 39.5. The van der Waals surface area contributed by atoms with E-state index in [0.29, 0.717) is 112 Å². The van der Waals surface area contributed by atoms with Gasteiger partial charge in [0.2, 0.25) is 11.9 Å². The molecule has 4 aliphatic rings. The first-order valence-corrected chi connectivity index (χ1v) is 23.9. The Hall–Kier alpha value is -7.41. The Labute approximate surface area is 407 Å². The number of carbonyl (C=O) groups is 5. The van der Waals surface area contributed by atoms with Crippen molar-refractivity contribution in [1.29, 1.82) is 0 Å². The number of aromatic nitrogens is 6. The summed E-state index contributed by atoms with van der Waals surface area (Å²) in [5.74, 6) is -0.601. The van der Waals surface area contributed by atoms with Gasteiger partial charge in [-0.15, -0.1) is 31.7 Å². The van der Waals surface area contributed by atoms with E-state index in [1.54, 1.807) is 58.3 Å². The van der Waals surface area contributed by atoms with Gasteiger partial charge in [0.05, 0.1) is 31.3 Å². The number of nitrogens with one attached hydrogen (secondary N) is 3. The molecule has 0 bridgehead atoms. The van der Waals surface area contributed by atoms with Gasteiger partial charge in [0.15, 0.2) is 23.0 Å². The SMILES string of the molecule is Cc1ccc(C(=O)N[C@@H]2CCCN(c3nnc(C(N)=O)c(Nc4ccc(C(=O)N5CCOCC5)cc4)n3)C2)s1.NC(=O)c1nnc(N2CCC[C@@H](N)C2)nc1Nc1ccc(C(=O)N2CCOCC2)cc1. The molecule has 4 saturated heterocycles. The van der Waals surface area contributed by atoms with Crippen LogP contribution in [-0.2, 0) is 9.47 Å². The Morgan fingerprint density at radius 3 is 1.53 bits per heavy atom. The molecule has 0 radical (unpaired) electrons. The fourth-order valence-electron chi connectivity index (χ4n) is 8.25. The van der Waals surface area contributed by atoms with E-state index in [1.165, 1.54) is 11.3 Å². The van der Waals surface area contributed by atoms with E-state index in [9.17, 15) is 24.0 Å². The lowest BCUT2D eigenvalue weighted by molar-refractivity contribution is 0.0301. The van der Waals surface area contributed by atoms with E-state index in [2.05, 4.69) is 46.3 Å². The van der Waals surface area contributed by atoms with Gasteiger partial charge in [-0.3, -0.25) is 24.0 Å². The maximum absolute atomic E-state index is 12.7. The van der Waals surface area contributed by atoms with Crippen LogP contribution in [0.1, 0.15) is 81.9 Å². The summed E-state index contributed by atoms with van der Waals surface area (Å²) in [4.78, 5) is 80.0. The maximum Gasteiger partial charge on any atom is 0.273 e. The van der Waals surface area contributed by atoms with Crippen LogP contribution in [0.15, 0.2) is 60.7 Å². The smallest absolute Gasteiger partial charge is 0.273 e. The van der Waals surface area contributed by atoms with Crippen molar-refractivity contribution in [3.05, 3.63) is 92.9 Å². The minimum Gasteiger partial charge on any atom is -0.378 e. The summed E-state index contributed by atoms with van der Waals surface area (Å²) in [5.41, 5.74) is 19.3. The zero-order valence-electron chi connectivity index (χ0n) is 38.7. The van der Waals surface area contributed by atoms with Gasteiger partial charge in [-0.2, -0.15) is 9.97 Å². The number of aryl methyl sites for hydroxylation is 1. The van der Waals surface area contributed by atoms with Gasteiger partial charge < -0.3 is 62.2 Å². The molecule has 2 aromatic carbocycles. The summed E-state index contributed by atoms with van der Waals surface area (Å²) in [7, 11) is 0. The van der Waals surface area contributed by atoms with Crippen LogP contribution in [0.4, 0.5) is 34.9 Å². The number of thiophene rings is 1. The Bertz CT molecular complexity index is 2660. The van der Waals surface area contributed by atoms with E-state index in [0.717, 1.165) is 37.1 Å². The van der Waals surface area contributed by atoms with E-state index < -0.39 is 11.8 Å². The van der Waals surface area contributed by atoms with Gasteiger partial charge >= 0.3 is 0 Å². The van der Waals surface area contributed by atoms with Crippen LogP contribution < -0.4 is 43.0 Å². The second-order valence-corrected chi connectivity index (χ2v) is 18.4. The van der Waals surface area contributed by atoms with Crippen LogP contribution in [0.5, 0.6) is 0 Å². The topological polar surface area (TPSA) is 308 Å². The minimum atomic E-state index is -0.766. The third-order valence-electron chi connectivity index (χ3n) is 11.9. The number of anilines is 6. The molecule has 0 spiro atoms. The van der Waals surface area contributed by atoms with Gasteiger partial charge in [-0.1, -0.05) is 0 Å². The second-order valence-electron chi connectivity index (χ2n) is 17.1. The predicted octanol–water partition coefficient (Wildman–Crippen LogP) is 2.07. The highest BCUT2D eigenvalue weighted by Gasteiger charge is 2.27. The van der Waals surface area contributed by atoms with Crippen LogP contribution in [-0.4, -0.2) is 161 Å². The molecule has 24 heteroatoms. The van der Waals surface area contributed by atoms with Gasteiger partial charge in [0.25, 0.3) is 29.5 Å². The molecule has 7 heterocycles. The van der Waals surface area contributed by atoms with Crippen molar-refractivity contribution < 1.29 is 33.4 Å². The Balaban J connectivity index is 0.000000193. The van der Waals surface area contributed by atoms with Crippen molar-refractivity contribution >= 4 is 75.8 Å². The number of amides is 5. The van der Waals surface area contributed by atoms with E-state index in [1.807, 2.05) is 28.9 Å². The number of ether oxygens (including phenoxy) is 2. The van der Waals surface area contributed by atoms with Crippen molar-refractivity contribution in [2.75, 3.05) is 99.2 Å². The monoisotopic (exact) mass is 976 g/mol. The number of hydrogen-bond acceptors (Lipinski definition) is 19. The number of hydrogen-bond donors (Lipinski definition) is 6. The molecule has 23 nitrogen and oxygen atoms in total. The van der Waals surface area contributed by atoms with Crippen LogP contribution in [0.25, 0.3) is 0 Å². The van der Waals surface area contributed by atoms with E-state index in [4.69, 9.17) is 26.7 Å². The Kier molecular flexibility index (Phi) is 16.0. The van der Waals surface area contributed by atoms with Crippen LogP contribution in [0, 0.1) is 6.92 Å². The first kappa shape index (κ1) is 49.0. The van der Waals surface area contributed by atoms with Crippen molar-refractivity contribution in [2.45, 2.75) is 44.7 Å². The number of benzene rings is 2. The van der Waals surface area contributed by atoms with Gasteiger partial charge in [0, 0.05) is 91.8 Å². The summed E-state index contributed by atoms with van der Waals surface area (Å²) in [5, 5.41) is 25.5. The van der Waals surface area contributed by atoms with Crippen molar-refractivity contribution in [2.24, 2.45) is 17.2 Å². The maximum atomic E-state index is 12.7. The highest BCUT2D eigenvalue weighted by atomic mass is 32.1. The summed E-state index contributed by atoms with van der Waals surface area (Å²) >= 11 is 1.46. The zero-order chi connectivity index (χ0) is 49.1. The van der Waals surface area contributed by atoms with Gasteiger partial charge in [0.1, 0.15) is 0 Å². The largest absolute Gasteiger partial charge is 0.378 e. The second kappa shape index (κ2) is 22.8. The molecule has 0 unspecified atom stereocenters. The van der Waals surface area contributed by atoms with E-state index >= 15 is 0 Å². The lowest BCUT2D eigenvalue weighted by atomic mass is 10.1. The molecule has 4 fully saturated rings. The normalized spacial score (nSPS) is 18.3. The van der Waals surface area contributed by atoms with Crippen molar-refractivity contribution in [3.8, 4) is 0 Å². The fourth-order valence-corrected chi connectivity index (χ4v) is 9.02. The molecule has 9 N–H and O–H groups in total. The Morgan fingerprint density at radius 2 is 1.09 bits per heavy atom. The molecule has 5 amide bonds. The average molecular weight is 977 g/mol. The molecule has 2 atom stereocenters. The quantitative estimate of drug-likeness (QED) is 0.104. The molecule has 368 valence electrons. The number of nitrogens with zero attached hydrogens (tertiary/aromatic N) is 10. The summed E-state index contributed by atoms with van der Waals surface area (Å²) < 4.78 is 10.6. The fraction of sp³-hybridized carbons (Fsp3) is 0.413. The highest BCUT2D eigenvalue weighted by Crippen LogP contribution is 2.25. The van der Waals surface area contributed by atoms with Crippen LogP contribution in [0.2, 0.25) is 0 Å². The molecular formula is C46H56N16O7S. The lowest BCUT2D eigenvalue weighted by Gasteiger charge is -2.33. The molecule has 4 aliphatic heterocycles. The average Bonchev–Trinajstić information content (AvgIpc) is 3.83. The molecule has 5 aromatic rings. The number of morpholine rings is 2. The third kappa shape index (κ3) is 12.4.